The molecule has 22 heavy (non-hydrogen) atoms. The van der Waals surface area contributed by atoms with Crippen molar-refractivity contribution in [1.82, 2.24) is 0 Å². The molecule has 0 aromatic heterocycles. The van der Waals surface area contributed by atoms with Crippen LogP contribution in [-0.2, 0) is 23.7 Å². The van der Waals surface area contributed by atoms with Gasteiger partial charge in [0.2, 0.25) is 0 Å². The van der Waals surface area contributed by atoms with Gasteiger partial charge in [-0.1, -0.05) is 0 Å². The summed E-state index contributed by atoms with van der Waals surface area (Å²) in [5.74, 6) is -0.510. The van der Waals surface area contributed by atoms with Crippen molar-refractivity contribution >= 4 is 5.97 Å². The Bertz CT molecular complexity index is 362. The summed E-state index contributed by atoms with van der Waals surface area (Å²) in [6.07, 6.45) is 0.887. The highest BCUT2D eigenvalue weighted by atomic mass is 16.7. The summed E-state index contributed by atoms with van der Waals surface area (Å²) in [6, 6.07) is 0. The highest BCUT2D eigenvalue weighted by molar-refractivity contribution is 5.78. The SMILES string of the molecule is COCO[C@@](C)(CC[C@@H](O)[C@H]1CC[C@](C)(CO)O1)C(=O)OC. The van der Waals surface area contributed by atoms with Crippen molar-refractivity contribution in [3.63, 3.8) is 0 Å². The third-order valence-electron chi connectivity index (χ3n) is 4.19. The average molecular weight is 320 g/mol. The Kier molecular flexibility index (Phi) is 7.21. The third kappa shape index (κ3) is 4.89. The molecular formula is C15H28O7. The predicted molar refractivity (Wildman–Crippen MR) is 78.2 cm³/mol. The summed E-state index contributed by atoms with van der Waals surface area (Å²) >= 11 is 0. The molecule has 1 aliphatic rings. The topological polar surface area (TPSA) is 94.5 Å². The van der Waals surface area contributed by atoms with Crippen molar-refractivity contribution in [1.29, 1.82) is 0 Å². The Morgan fingerprint density at radius 3 is 2.68 bits per heavy atom. The largest absolute Gasteiger partial charge is 0.467 e. The van der Waals surface area contributed by atoms with Gasteiger partial charge < -0.3 is 29.2 Å². The maximum absolute atomic E-state index is 11.9. The van der Waals surface area contributed by atoms with Crippen molar-refractivity contribution < 1.29 is 34.0 Å². The van der Waals surface area contributed by atoms with Gasteiger partial charge in [0.15, 0.2) is 5.60 Å². The van der Waals surface area contributed by atoms with Crippen LogP contribution < -0.4 is 0 Å². The number of rotatable bonds is 9. The molecule has 130 valence electrons. The summed E-state index contributed by atoms with van der Waals surface area (Å²) < 4.78 is 20.7. The van der Waals surface area contributed by atoms with E-state index >= 15 is 0 Å². The molecule has 1 fully saturated rings. The Hall–Kier alpha value is -0.730. The Morgan fingerprint density at radius 1 is 1.50 bits per heavy atom. The van der Waals surface area contributed by atoms with E-state index in [-0.39, 0.29) is 25.9 Å². The molecule has 7 nitrogen and oxygen atoms in total. The van der Waals surface area contributed by atoms with Crippen LogP contribution in [0.3, 0.4) is 0 Å². The van der Waals surface area contributed by atoms with Gasteiger partial charge in [-0.2, -0.15) is 0 Å². The van der Waals surface area contributed by atoms with E-state index in [1.54, 1.807) is 6.92 Å². The molecule has 0 amide bonds. The van der Waals surface area contributed by atoms with Crippen molar-refractivity contribution in [2.75, 3.05) is 27.6 Å². The second-order valence-electron chi connectivity index (χ2n) is 6.18. The van der Waals surface area contributed by atoms with E-state index in [4.69, 9.17) is 18.9 Å². The van der Waals surface area contributed by atoms with Crippen molar-refractivity contribution in [3.05, 3.63) is 0 Å². The van der Waals surface area contributed by atoms with Crippen molar-refractivity contribution in [2.45, 2.75) is 62.9 Å². The summed E-state index contributed by atoms with van der Waals surface area (Å²) in [5, 5.41) is 19.6. The smallest absolute Gasteiger partial charge is 0.337 e. The zero-order chi connectivity index (χ0) is 16.8. The van der Waals surface area contributed by atoms with Crippen LogP contribution in [0, 0.1) is 0 Å². The first-order chi connectivity index (χ1) is 10.3. The lowest BCUT2D eigenvalue weighted by Crippen LogP contribution is -2.42. The van der Waals surface area contributed by atoms with E-state index in [0.29, 0.717) is 19.3 Å². The lowest BCUT2D eigenvalue weighted by Gasteiger charge is -2.29. The minimum absolute atomic E-state index is 0.0375. The van der Waals surface area contributed by atoms with Gasteiger partial charge in [-0.25, -0.2) is 4.79 Å². The maximum atomic E-state index is 11.9. The number of hydrogen-bond acceptors (Lipinski definition) is 7. The van der Waals surface area contributed by atoms with Gasteiger partial charge in [-0.15, -0.1) is 0 Å². The van der Waals surface area contributed by atoms with E-state index in [2.05, 4.69) is 0 Å². The standard InChI is InChI=1S/C15H28O7/c1-14(9-16)7-6-12(22-14)11(17)5-8-15(2,13(18)20-4)21-10-19-3/h11-12,16-17H,5-10H2,1-4H3/t11-,12-,14-,15+/m1/s1. The summed E-state index contributed by atoms with van der Waals surface area (Å²) in [7, 11) is 2.76. The second kappa shape index (κ2) is 8.21. The summed E-state index contributed by atoms with van der Waals surface area (Å²) in [4.78, 5) is 11.9. The van der Waals surface area contributed by atoms with Crippen LogP contribution >= 0.6 is 0 Å². The number of aliphatic hydroxyl groups is 2. The van der Waals surface area contributed by atoms with Crippen LogP contribution in [0.15, 0.2) is 0 Å². The molecule has 0 saturated carbocycles. The minimum atomic E-state index is -1.18. The quantitative estimate of drug-likeness (QED) is 0.475. The van der Waals surface area contributed by atoms with Gasteiger partial charge in [0.25, 0.3) is 0 Å². The van der Waals surface area contributed by atoms with Crippen molar-refractivity contribution in [2.24, 2.45) is 0 Å². The molecule has 0 aromatic carbocycles. The van der Waals surface area contributed by atoms with E-state index in [1.807, 2.05) is 6.92 Å². The molecule has 0 aromatic rings. The van der Waals surface area contributed by atoms with Gasteiger partial charge in [0.1, 0.15) is 6.79 Å². The number of carbonyl (C=O) groups excluding carboxylic acids is 1. The van der Waals surface area contributed by atoms with E-state index in [0.717, 1.165) is 0 Å². The Balaban J connectivity index is 2.56. The number of methoxy groups -OCH3 is 2. The highest BCUT2D eigenvalue weighted by Gasteiger charge is 2.41. The maximum Gasteiger partial charge on any atom is 0.337 e. The molecule has 1 rings (SSSR count). The molecule has 0 radical (unpaired) electrons. The van der Waals surface area contributed by atoms with Crippen LogP contribution in [0.2, 0.25) is 0 Å². The molecule has 4 atom stereocenters. The number of ether oxygens (including phenoxy) is 4. The number of aliphatic hydroxyl groups excluding tert-OH is 2. The zero-order valence-corrected chi connectivity index (χ0v) is 13.8. The van der Waals surface area contributed by atoms with E-state index in [1.165, 1.54) is 14.2 Å². The Morgan fingerprint density at radius 2 is 2.18 bits per heavy atom. The van der Waals surface area contributed by atoms with E-state index < -0.39 is 23.3 Å². The van der Waals surface area contributed by atoms with Gasteiger partial charge in [-0.3, -0.25) is 0 Å². The Labute approximate surface area is 131 Å². The van der Waals surface area contributed by atoms with Gasteiger partial charge in [0.05, 0.1) is 31.5 Å². The van der Waals surface area contributed by atoms with Crippen LogP contribution in [0.25, 0.3) is 0 Å². The second-order valence-corrected chi connectivity index (χ2v) is 6.18. The average Bonchev–Trinajstić information content (AvgIpc) is 2.93. The highest BCUT2D eigenvalue weighted by Crippen LogP contribution is 2.33. The number of esters is 1. The van der Waals surface area contributed by atoms with Crippen LogP contribution in [0.5, 0.6) is 0 Å². The lowest BCUT2D eigenvalue weighted by atomic mass is 9.95. The first kappa shape index (κ1) is 19.3. The number of carbonyl (C=O) groups is 1. The van der Waals surface area contributed by atoms with Gasteiger partial charge in [0, 0.05) is 7.11 Å². The molecule has 1 aliphatic heterocycles. The first-order valence-electron chi connectivity index (χ1n) is 7.48. The molecular weight excluding hydrogens is 292 g/mol. The fourth-order valence-electron chi connectivity index (χ4n) is 2.57. The summed E-state index contributed by atoms with van der Waals surface area (Å²) in [5.41, 5.74) is -1.77. The molecule has 7 heteroatoms. The molecule has 0 bridgehead atoms. The molecule has 1 heterocycles. The predicted octanol–water partition coefficient (Wildman–Crippen LogP) is 0.610. The lowest BCUT2D eigenvalue weighted by molar-refractivity contribution is -0.184. The van der Waals surface area contributed by atoms with Gasteiger partial charge in [-0.05, 0) is 39.5 Å². The molecule has 0 aliphatic carbocycles. The van der Waals surface area contributed by atoms with Crippen LogP contribution in [0.1, 0.15) is 39.5 Å². The monoisotopic (exact) mass is 320 g/mol. The van der Waals surface area contributed by atoms with Crippen LogP contribution in [0.4, 0.5) is 0 Å². The first-order valence-corrected chi connectivity index (χ1v) is 7.48. The molecule has 0 spiro atoms. The van der Waals surface area contributed by atoms with Crippen molar-refractivity contribution in [3.8, 4) is 0 Å². The normalized spacial score (nSPS) is 29.1. The van der Waals surface area contributed by atoms with Crippen LogP contribution in [-0.4, -0.2) is 67.2 Å². The van der Waals surface area contributed by atoms with E-state index in [9.17, 15) is 15.0 Å². The third-order valence-corrected chi connectivity index (χ3v) is 4.19. The van der Waals surface area contributed by atoms with Gasteiger partial charge >= 0.3 is 5.97 Å². The fraction of sp³-hybridized carbons (Fsp3) is 0.933. The molecule has 2 N–H and O–H groups in total. The molecule has 1 saturated heterocycles. The number of hydrogen-bond donors (Lipinski definition) is 2. The fourth-order valence-corrected chi connectivity index (χ4v) is 2.57. The minimum Gasteiger partial charge on any atom is -0.467 e. The zero-order valence-electron chi connectivity index (χ0n) is 13.8. The molecule has 0 unspecified atom stereocenters. The summed E-state index contributed by atoms with van der Waals surface area (Å²) in [6.45, 7) is 3.31.